The van der Waals surface area contributed by atoms with Crippen LogP contribution in [0, 0.1) is 0 Å². The summed E-state index contributed by atoms with van der Waals surface area (Å²) in [7, 11) is -3.26. The van der Waals surface area contributed by atoms with Crippen LogP contribution >= 0.6 is 23.4 Å². The van der Waals surface area contributed by atoms with Crippen LogP contribution in [-0.2, 0) is 23.0 Å². The third-order valence-electron chi connectivity index (χ3n) is 4.23. The number of aromatic nitrogens is 1. The zero-order valence-electron chi connectivity index (χ0n) is 15.1. The molecule has 1 heterocycles. The first kappa shape index (κ1) is 20.8. The largest absolute Gasteiger partial charge is 0.392 e. The van der Waals surface area contributed by atoms with Crippen molar-refractivity contribution in [2.24, 2.45) is 5.73 Å². The number of halogens is 1. The SMILES string of the molecule is CS(=O)(=O)c1ccc(-c2ccc(Cl)c(Sc3ncccc3CO)c2CN)cc1. The van der Waals surface area contributed by atoms with Gasteiger partial charge in [0.15, 0.2) is 9.84 Å². The molecule has 5 nitrogen and oxygen atoms in total. The van der Waals surface area contributed by atoms with E-state index in [1.54, 1.807) is 48.7 Å². The third-order valence-corrected chi connectivity index (χ3v) is 7.02. The van der Waals surface area contributed by atoms with Crippen molar-refractivity contribution < 1.29 is 13.5 Å². The molecule has 0 aliphatic heterocycles. The van der Waals surface area contributed by atoms with Crippen molar-refractivity contribution in [3.8, 4) is 11.1 Å². The average Bonchev–Trinajstić information content (AvgIpc) is 2.69. The summed E-state index contributed by atoms with van der Waals surface area (Å²) in [6.45, 7) is 0.117. The Morgan fingerprint density at radius 3 is 2.46 bits per heavy atom. The van der Waals surface area contributed by atoms with Gasteiger partial charge in [-0.15, -0.1) is 0 Å². The first-order valence-corrected chi connectivity index (χ1v) is 11.5. The Labute approximate surface area is 173 Å². The van der Waals surface area contributed by atoms with E-state index in [9.17, 15) is 13.5 Å². The summed E-state index contributed by atoms with van der Waals surface area (Å²) in [4.78, 5) is 5.36. The van der Waals surface area contributed by atoms with E-state index >= 15 is 0 Å². The summed E-state index contributed by atoms with van der Waals surface area (Å²) >= 11 is 7.81. The number of benzene rings is 2. The van der Waals surface area contributed by atoms with E-state index < -0.39 is 9.84 Å². The molecule has 0 radical (unpaired) electrons. The minimum Gasteiger partial charge on any atom is -0.392 e. The lowest BCUT2D eigenvalue weighted by molar-refractivity contribution is 0.278. The highest BCUT2D eigenvalue weighted by Crippen LogP contribution is 2.40. The highest BCUT2D eigenvalue weighted by molar-refractivity contribution is 7.99. The van der Waals surface area contributed by atoms with Crippen molar-refractivity contribution in [3.63, 3.8) is 0 Å². The second kappa shape index (κ2) is 8.63. The molecule has 3 aromatic rings. The Morgan fingerprint density at radius 2 is 1.86 bits per heavy atom. The van der Waals surface area contributed by atoms with Crippen LogP contribution in [0.15, 0.2) is 69.5 Å². The van der Waals surface area contributed by atoms with Gasteiger partial charge in [-0.2, -0.15) is 0 Å². The van der Waals surface area contributed by atoms with Crippen LogP contribution in [-0.4, -0.2) is 24.8 Å². The second-order valence-electron chi connectivity index (χ2n) is 6.13. The smallest absolute Gasteiger partial charge is 0.175 e. The first-order valence-electron chi connectivity index (χ1n) is 8.39. The molecule has 2 aromatic carbocycles. The summed E-state index contributed by atoms with van der Waals surface area (Å²) < 4.78 is 23.4. The number of aliphatic hydroxyl groups is 1. The number of aliphatic hydroxyl groups excluding tert-OH is 1. The zero-order chi connectivity index (χ0) is 20.3. The monoisotopic (exact) mass is 434 g/mol. The quantitative estimate of drug-likeness (QED) is 0.611. The number of hydrogen-bond acceptors (Lipinski definition) is 6. The lowest BCUT2D eigenvalue weighted by Crippen LogP contribution is -2.03. The molecular weight excluding hydrogens is 416 g/mol. The van der Waals surface area contributed by atoms with Gasteiger partial charge in [0.25, 0.3) is 0 Å². The lowest BCUT2D eigenvalue weighted by atomic mass is 10.00. The fraction of sp³-hybridized carbons (Fsp3) is 0.150. The highest BCUT2D eigenvalue weighted by Gasteiger charge is 2.17. The lowest BCUT2D eigenvalue weighted by Gasteiger charge is -2.16. The van der Waals surface area contributed by atoms with Crippen LogP contribution in [0.2, 0.25) is 5.02 Å². The van der Waals surface area contributed by atoms with Crippen molar-refractivity contribution in [3.05, 3.63) is 70.9 Å². The summed E-state index contributed by atoms with van der Waals surface area (Å²) in [5.74, 6) is 0. The van der Waals surface area contributed by atoms with Crippen LogP contribution in [0.25, 0.3) is 11.1 Å². The minimum absolute atomic E-state index is 0.127. The van der Waals surface area contributed by atoms with E-state index in [4.69, 9.17) is 17.3 Å². The van der Waals surface area contributed by atoms with Crippen LogP contribution < -0.4 is 5.73 Å². The number of nitrogens with two attached hydrogens (primary N) is 1. The van der Waals surface area contributed by atoms with Gasteiger partial charge in [-0.05, 0) is 41.0 Å². The molecule has 28 heavy (non-hydrogen) atoms. The van der Waals surface area contributed by atoms with Crippen molar-refractivity contribution in [2.75, 3.05) is 6.26 Å². The molecule has 1 aromatic heterocycles. The molecule has 0 aliphatic rings. The second-order valence-corrected chi connectivity index (χ2v) is 9.55. The van der Waals surface area contributed by atoms with E-state index in [2.05, 4.69) is 4.98 Å². The summed E-state index contributed by atoms with van der Waals surface area (Å²) in [6, 6.07) is 13.9. The molecule has 0 saturated carbocycles. The van der Waals surface area contributed by atoms with E-state index in [1.807, 2.05) is 6.07 Å². The Hall–Kier alpha value is -1.90. The Bertz CT molecular complexity index is 1100. The number of hydrogen-bond donors (Lipinski definition) is 2. The number of pyridine rings is 1. The van der Waals surface area contributed by atoms with Gasteiger partial charge in [0, 0.05) is 29.5 Å². The van der Waals surface area contributed by atoms with Crippen LogP contribution in [0.4, 0.5) is 0 Å². The molecule has 0 unspecified atom stereocenters. The van der Waals surface area contributed by atoms with Gasteiger partial charge in [0.2, 0.25) is 0 Å². The van der Waals surface area contributed by atoms with E-state index in [-0.39, 0.29) is 18.0 Å². The molecule has 0 aliphatic carbocycles. The normalized spacial score (nSPS) is 11.6. The number of nitrogens with zero attached hydrogens (tertiary/aromatic N) is 1. The van der Waals surface area contributed by atoms with Gasteiger partial charge < -0.3 is 10.8 Å². The van der Waals surface area contributed by atoms with E-state index in [0.29, 0.717) is 15.6 Å². The average molecular weight is 435 g/mol. The minimum atomic E-state index is -3.26. The van der Waals surface area contributed by atoms with Crippen LogP contribution in [0.5, 0.6) is 0 Å². The van der Waals surface area contributed by atoms with Gasteiger partial charge in [-0.3, -0.25) is 0 Å². The van der Waals surface area contributed by atoms with Crippen molar-refractivity contribution in [2.45, 2.75) is 28.0 Å². The molecule has 0 atom stereocenters. The van der Waals surface area contributed by atoms with E-state index in [1.165, 1.54) is 18.0 Å². The maximum absolute atomic E-state index is 11.7. The van der Waals surface area contributed by atoms with Crippen molar-refractivity contribution in [1.29, 1.82) is 0 Å². The topological polar surface area (TPSA) is 93.3 Å². The zero-order valence-corrected chi connectivity index (χ0v) is 17.5. The van der Waals surface area contributed by atoms with Gasteiger partial charge in [0.05, 0.1) is 16.5 Å². The fourth-order valence-corrected chi connectivity index (χ4v) is 4.77. The van der Waals surface area contributed by atoms with Crippen molar-refractivity contribution in [1.82, 2.24) is 4.98 Å². The molecule has 0 bridgehead atoms. The maximum Gasteiger partial charge on any atom is 0.175 e. The molecule has 0 amide bonds. The van der Waals surface area contributed by atoms with Gasteiger partial charge in [0.1, 0.15) is 5.03 Å². The predicted octanol–water partition coefficient (Wildman–Crippen LogP) is 3.91. The molecule has 3 rings (SSSR count). The molecule has 0 saturated heterocycles. The molecule has 3 N–H and O–H groups in total. The molecular formula is C20H19ClN2O3S2. The number of rotatable bonds is 6. The third kappa shape index (κ3) is 4.39. The van der Waals surface area contributed by atoms with Crippen LogP contribution in [0.3, 0.4) is 0 Å². The molecule has 8 heteroatoms. The van der Waals surface area contributed by atoms with E-state index in [0.717, 1.165) is 21.6 Å². The summed E-state index contributed by atoms with van der Waals surface area (Å²) in [6.07, 6.45) is 2.83. The summed E-state index contributed by atoms with van der Waals surface area (Å²) in [5, 5.41) is 10.8. The van der Waals surface area contributed by atoms with Crippen molar-refractivity contribution >= 4 is 33.2 Å². The highest BCUT2D eigenvalue weighted by atomic mass is 35.5. The fourth-order valence-electron chi connectivity index (χ4n) is 2.80. The van der Waals surface area contributed by atoms with Gasteiger partial charge >= 0.3 is 0 Å². The Kier molecular flexibility index (Phi) is 6.42. The standard InChI is InChI=1S/C20H19ClN2O3S2/c1-28(25,26)15-6-4-13(5-7-15)16-8-9-18(21)19(17(16)11-22)27-20-14(12-24)3-2-10-23-20/h2-10,24H,11-12,22H2,1H3. The van der Waals surface area contributed by atoms with Crippen LogP contribution in [0.1, 0.15) is 11.1 Å². The molecule has 0 fully saturated rings. The summed E-state index contributed by atoms with van der Waals surface area (Å²) in [5.41, 5.74) is 9.29. The first-order chi connectivity index (χ1) is 13.3. The Balaban J connectivity index is 2.08. The maximum atomic E-state index is 11.7. The van der Waals surface area contributed by atoms with Gasteiger partial charge in [-0.1, -0.05) is 47.6 Å². The molecule has 0 spiro atoms. The Morgan fingerprint density at radius 1 is 1.14 bits per heavy atom. The van der Waals surface area contributed by atoms with Gasteiger partial charge in [-0.25, -0.2) is 13.4 Å². The predicted molar refractivity (Wildman–Crippen MR) is 112 cm³/mol. The molecule has 146 valence electrons. The number of sulfone groups is 1.